The van der Waals surface area contributed by atoms with Gasteiger partial charge < -0.3 is 11.1 Å². The van der Waals surface area contributed by atoms with Crippen LogP contribution in [0.4, 0.5) is 5.13 Å². The summed E-state index contributed by atoms with van der Waals surface area (Å²) in [6, 6.07) is 3.57. The summed E-state index contributed by atoms with van der Waals surface area (Å²) in [4.78, 5) is 28.9. The van der Waals surface area contributed by atoms with Gasteiger partial charge >= 0.3 is 0 Å². The second kappa shape index (κ2) is 8.36. The maximum Gasteiger partial charge on any atom is 0.267 e. The van der Waals surface area contributed by atoms with Gasteiger partial charge in [0, 0.05) is 17.5 Å². The van der Waals surface area contributed by atoms with Crippen LogP contribution in [0, 0.1) is 0 Å². The smallest absolute Gasteiger partial charge is 0.267 e. The summed E-state index contributed by atoms with van der Waals surface area (Å²) in [7, 11) is 0. The average Bonchev–Trinajstić information content (AvgIpc) is 3.24. The SMILES string of the molecule is CCC(N)(CC)CNC(=O)Cc1csc(NC(=O)c2cccs2)n1. The highest BCUT2D eigenvalue weighted by Gasteiger charge is 2.21. The van der Waals surface area contributed by atoms with Crippen LogP contribution in [0.25, 0.3) is 0 Å². The van der Waals surface area contributed by atoms with Gasteiger partial charge in [0.2, 0.25) is 5.91 Å². The highest BCUT2D eigenvalue weighted by atomic mass is 32.1. The summed E-state index contributed by atoms with van der Waals surface area (Å²) < 4.78 is 0. The number of hydrogen-bond acceptors (Lipinski definition) is 6. The minimum Gasteiger partial charge on any atom is -0.354 e. The molecule has 2 heterocycles. The Morgan fingerprint density at radius 1 is 1.29 bits per heavy atom. The van der Waals surface area contributed by atoms with Crippen molar-refractivity contribution in [3.63, 3.8) is 0 Å². The Morgan fingerprint density at radius 3 is 2.67 bits per heavy atom. The Morgan fingerprint density at radius 2 is 2.04 bits per heavy atom. The van der Waals surface area contributed by atoms with E-state index in [1.54, 1.807) is 11.4 Å². The average molecular weight is 367 g/mol. The number of rotatable bonds is 8. The van der Waals surface area contributed by atoms with Crippen molar-refractivity contribution in [1.29, 1.82) is 0 Å². The number of anilines is 1. The lowest BCUT2D eigenvalue weighted by molar-refractivity contribution is -0.120. The minimum absolute atomic E-state index is 0.117. The second-order valence-corrected chi connectivity index (χ2v) is 7.40. The fourth-order valence-corrected chi connectivity index (χ4v) is 3.34. The molecule has 0 aliphatic rings. The van der Waals surface area contributed by atoms with E-state index in [4.69, 9.17) is 5.73 Å². The molecule has 0 unspecified atom stereocenters. The molecule has 0 atom stereocenters. The summed E-state index contributed by atoms with van der Waals surface area (Å²) in [5, 5.41) is 9.71. The molecule has 0 aliphatic heterocycles. The molecule has 4 N–H and O–H groups in total. The summed E-state index contributed by atoms with van der Waals surface area (Å²) >= 11 is 2.68. The van der Waals surface area contributed by atoms with Gasteiger partial charge in [0.25, 0.3) is 5.91 Å². The van der Waals surface area contributed by atoms with Crippen molar-refractivity contribution in [3.05, 3.63) is 33.5 Å². The van der Waals surface area contributed by atoms with E-state index >= 15 is 0 Å². The topological polar surface area (TPSA) is 97.1 Å². The maximum atomic E-state index is 12.0. The van der Waals surface area contributed by atoms with Gasteiger partial charge in [-0.1, -0.05) is 19.9 Å². The number of carbonyl (C=O) groups is 2. The van der Waals surface area contributed by atoms with Gasteiger partial charge in [0.1, 0.15) is 0 Å². The predicted octanol–water partition coefficient (Wildman–Crippen LogP) is 2.63. The van der Waals surface area contributed by atoms with E-state index < -0.39 is 0 Å². The first-order valence-corrected chi connectivity index (χ1v) is 9.56. The molecule has 0 bridgehead atoms. The first kappa shape index (κ1) is 18.6. The Hall–Kier alpha value is -1.77. The monoisotopic (exact) mass is 366 g/mol. The van der Waals surface area contributed by atoms with E-state index in [2.05, 4.69) is 15.6 Å². The molecular weight excluding hydrogens is 344 g/mol. The quantitative estimate of drug-likeness (QED) is 0.669. The molecule has 2 aromatic rings. The van der Waals surface area contributed by atoms with Crippen molar-refractivity contribution < 1.29 is 9.59 Å². The number of amides is 2. The number of nitrogens with zero attached hydrogens (tertiary/aromatic N) is 1. The van der Waals surface area contributed by atoms with Crippen LogP contribution in [-0.2, 0) is 11.2 Å². The van der Waals surface area contributed by atoms with E-state index in [9.17, 15) is 9.59 Å². The van der Waals surface area contributed by atoms with Gasteiger partial charge in [-0.25, -0.2) is 4.98 Å². The summed E-state index contributed by atoms with van der Waals surface area (Å²) in [6.07, 6.45) is 1.79. The van der Waals surface area contributed by atoms with Gasteiger partial charge in [0.15, 0.2) is 5.13 Å². The first-order chi connectivity index (χ1) is 11.5. The number of nitrogens with two attached hydrogens (primary N) is 1. The number of aromatic nitrogens is 1. The number of carbonyl (C=O) groups excluding carboxylic acids is 2. The van der Waals surface area contributed by atoms with Crippen LogP contribution in [0.3, 0.4) is 0 Å². The lowest BCUT2D eigenvalue weighted by Crippen LogP contribution is -2.49. The zero-order valence-electron chi connectivity index (χ0n) is 13.8. The van der Waals surface area contributed by atoms with Gasteiger partial charge in [0.05, 0.1) is 17.0 Å². The van der Waals surface area contributed by atoms with E-state index in [0.29, 0.717) is 22.2 Å². The fraction of sp³-hybridized carbons (Fsp3) is 0.438. The third kappa shape index (κ3) is 5.12. The number of thiazole rings is 1. The molecule has 0 saturated carbocycles. The van der Waals surface area contributed by atoms with Crippen LogP contribution in [-0.4, -0.2) is 28.9 Å². The molecule has 0 fully saturated rings. The molecule has 130 valence electrons. The molecule has 0 saturated heterocycles. The van der Waals surface area contributed by atoms with E-state index in [-0.39, 0.29) is 23.8 Å². The molecular formula is C16H22N4O2S2. The Labute approximate surface area is 149 Å². The lowest BCUT2D eigenvalue weighted by atomic mass is 9.94. The normalized spacial score (nSPS) is 11.3. The van der Waals surface area contributed by atoms with Crippen LogP contribution in [0.2, 0.25) is 0 Å². The van der Waals surface area contributed by atoms with Gasteiger partial charge in [-0.15, -0.1) is 22.7 Å². The van der Waals surface area contributed by atoms with Crippen LogP contribution >= 0.6 is 22.7 Å². The van der Waals surface area contributed by atoms with Crippen LogP contribution < -0.4 is 16.4 Å². The molecule has 0 aromatic carbocycles. The van der Waals surface area contributed by atoms with Crippen molar-refractivity contribution in [1.82, 2.24) is 10.3 Å². The van der Waals surface area contributed by atoms with Crippen molar-refractivity contribution >= 4 is 39.6 Å². The number of nitrogens with one attached hydrogen (secondary N) is 2. The number of thiophene rings is 1. The summed E-state index contributed by atoms with van der Waals surface area (Å²) in [5.74, 6) is -0.303. The van der Waals surface area contributed by atoms with Crippen molar-refractivity contribution in [2.75, 3.05) is 11.9 Å². The van der Waals surface area contributed by atoms with Crippen molar-refractivity contribution in [2.24, 2.45) is 5.73 Å². The molecule has 2 rings (SSSR count). The van der Waals surface area contributed by atoms with Crippen molar-refractivity contribution in [2.45, 2.75) is 38.6 Å². The van der Waals surface area contributed by atoms with Gasteiger partial charge in [-0.05, 0) is 24.3 Å². The van der Waals surface area contributed by atoms with E-state index in [1.807, 2.05) is 25.3 Å². The van der Waals surface area contributed by atoms with Gasteiger partial charge in [-0.3, -0.25) is 14.9 Å². The molecule has 0 spiro atoms. The molecule has 24 heavy (non-hydrogen) atoms. The summed E-state index contributed by atoms with van der Waals surface area (Å²) in [5.41, 5.74) is 6.44. The highest BCUT2D eigenvalue weighted by Crippen LogP contribution is 2.18. The number of hydrogen-bond donors (Lipinski definition) is 3. The first-order valence-electron chi connectivity index (χ1n) is 7.80. The Bertz CT molecular complexity index is 678. The van der Waals surface area contributed by atoms with Gasteiger partial charge in [-0.2, -0.15) is 0 Å². The zero-order chi connectivity index (χ0) is 17.6. The third-order valence-electron chi connectivity index (χ3n) is 3.90. The van der Waals surface area contributed by atoms with Crippen LogP contribution in [0.15, 0.2) is 22.9 Å². The molecule has 2 aromatic heterocycles. The molecule has 0 radical (unpaired) electrons. The standard InChI is InChI=1S/C16H22N4O2S2/c1-3-16(17,4-2)10-18-13(21)8-11-9-24-15(19-11)20-14(22)12-6-5-7-23-12/h5-7,9H,3-4,8,10,17H2,1-2H3,(H,18,21)(H,19,20,22). The van der Waals surface area contributed by atoms with Crippen LogP contribution in [0.1, 0.15) is 42.1 Å². The molecule has 8 heteroatoms. The fourth-order valence-electron chi connectivity index (χ4n) is 2.01. The Balaban J connectivity index is 1.85. The molecule has 0 aliphatic carbocycles. The van der Waals surface area contributed by atoms with E-state index in [0.717, 1.165) is 12.8 Å². The highest BCUT2D eigenvalue weighted by molar-refractivity contribution is 7.14. The predicted molar refractivity (Wildman–Crippen MR) is 98.6 cm³/mol. The zero-order valence-corrected chi connectivity index (χ0v) is 15.4. The van der Waals surface area contributed by atoms with E-state index in [1.165, 1.54) is 22.7 Å². The third-order valence-corrected chi connectivity index (χ3v) is 5.58. The second-order valence-electron chi connectivity index (χ2n) is 5.60. The summed E-state index contributed by atoms with van der Waals surface area (Å²) in [6.45, 7) is 4.47. The lowest BCUT2D eigenvalue weighted by Gasteiger charge is -2.26. The van der Waals surface area contributed by atoms with Crippen LogP contribution in [0.5, 0.6) is 0 Å². The van der Waals surface area contributed by atoms with Crippen molar-refractivity contribution in [3.8, 4) is 0 Å². The largest absolute Gasteiger partial charge is 0.354 e. The minimum atomic E-state index is -0.364. The maximum absolute atomic E-state index is 12.0. The molecule has 6 nitrogen and oxygen atoms in total. The molecule has 2 amide bonds. The Kier molecular flexibility index (Phi) is 6.47.